The van der Waals surface area contributed by atoms with Gasteiger partial charge in [-0.1, -0.05) is 32.9 Å². The molecule has 0 fully saturated rings. The molecule has 1 heterocycles. The number of carbonyl (C=O) groups excluding carboxylic acids is 2. The number of anilines is 3. The van der Waals surface area contributed by atoms with E-state index in [4.69, 9.17) is 5.10 Å². The molecule has 0 bridgehead atoms. The predicted octanol–water partition coefficient (Wildman–Crippen LogP) is 0.104. The number of azo groups is 1. The van der Waals surface area contributed by atoms with Crippen LogP contribution in [0.4, 0.5) is 28.6 Å². The van der Waals surface area contributed by atoms with Crippen molar-refractivity contribution < 1.29 is 94.6 Å². The van der Waals surface area contributed by atoms with Gasteiger partial charge < -0.3 is 24.6 Å². The number of nitrogens with zero attached hydrogens (tertiary/aromatic N) is 6. The molecule has 4 rings (SSSR count). The second-order valence-electron chi connectivity index (χ2n) is 12.7. The molecule has 0 unspecified atom stereocenters. The fourth-order valence-electron chi connectivity index (χ4n) is 5.23. The molecule has 55 heavy (non-hydrogen) atoms. The Labute approximate surface area is 372 Å². The van der Waals surface area contributed by atoms with Crippen molar-refractivity contribution in [1.82, 2.24) is 9.78 Å². The van der Waals surface area contributed by atoms with Crippen LogP contribution in [-0.2, 0) is 30.4 Å². The van der Waals surface area contributed by atoms with Crippen molar-refractivity contribution in [1.29, 1.82) is 5.26 Å². The van der Waals surface area contributed by atoms with Crippen LogP contribution >= 0.6 is 15.9 Å². The van der Waals surface area contributed by atoms with Gasteiger partial charge in [0.15, 0.2) is 5.82 Å². The molecule has 16 nitrogen and oxygen atoms in total. The van der Waals surface area contributed by atoms with Gasteiger partial charge in [0.25, 0.3) is 5.91 Å². The van der Waals surface area contributed by atoms with Crippen LogP contribution in [0.5, 0.6) is 0 Å². The third-order valence-corrected chi connectivity index (χ3v) is 9.95. The van der Waals surface area contributed by atoms with Gasteiger partial charge in [0.2, 0.25) is 5.91 Å². The predicted molar refractivity (Wildman–Crippen MR) is 199 cm³/mol. The van der Waals surface area contributed by atoms with Crippen LogP contribution in [-0.4, -0.2) is 66.4 Å². The van der Waals surface area contributed by atoms with Crippen LogP contribution in [0, 0.1) is 11.3 Å². The van der Waals surface area contributed by atoms with Gasteiger partial charge in [0.1, 0.15) is 27.4 Å². The van der Waals surface area contributed by atoms with Gasteiger partial charge in [0, 0.05) is 47.0 Å². The number of carbonyl (C=O) groups is 2. The first-order valence-corrected chi connectivity index (χ1v) is 19.7. The van der Waals surface area contributed by atoms with Gasteiger partial charge in [-0.15, -0.1) is 10.2 Å². The summed E-state index contributed by atoms with van der Waals surface area (Å²) < 4.78 is 70.2. The molecular formula is C34H35BrN8Na2O8S2. The van der Waals surface area contributed by atoms with Crippen molar-refractivity contribution in [3.8, 4) is 11.8 Å². The summed E-state index contributed by atoms with van der Waals surface area (Å²) in [5.74, 6) is -1.69. The minimum atomic E-state index is -4.92. The number of amides is 2. The molecule has 21 heteroatoms. The molecule has 0 aliphatic rings. The van der Waals surface area contributed by atoms with Crippen LogP contribution in [0.25, 0.3) is 5.69 Å². The number of nitriles is 1. The van der Waals surface area contributed by atoms with Crippen molar-refractivity contribution in [2.24, 2.45) is 10.2 Å². The largest absolute Gasteiger partial charge is 1.00 e. The number of nitrogens with one attached hydrogen (secondary N) is 2. The maximum Gasteiger partial charge on any atom is 1.00 e. The first kappa shape index (κ1) is 48.1. The summed E-state index contributed by atoms with van der Waals surface area (Å²) in [6, 6.07) is 16.7. The van der Waals surface area contributed by atoms with Gasteiger partial charge in [-0.25, -0.2) is 21.5 Å². The molecule has 0 saturated heterocycles. The van der Waals surface area contributed by atoms with E-state index in [-0.39, 0.29) is 106 Å². The zero-order valence-electron chi connectivity index (χ0n) is 31.2. The Bertz CT molecular complexity index is 2360. The minimum absolute atomic E-state index is 0. The minimum Gasteiger partial charge on any atom is -0.748 e. The summed E-state index contributed by atoms with van der Waals surface area (Å²) in [5.41, 5.74) is 1.37. The van der Waals surface area contributed by atoms with E-state index in [0.717, 1.165) is 6.07 Å². The summed E-state index contributed by atoms with van der Waals surface area (Å²) in [6.45, 7) is 9.53. The van der Waals surface area contributed by atoms with Gasteiger partial charge in [0.05, 0.1) is 37.6 Å². The molecule has 0 aliphatic carbocycles. The van der Waals surface area contributed by atoms with E-state index >= 15 is 0 Å². The fraction of sp³-hybridized carbons (Fsp3) is 0.294. The second-order valence-corrected chi connectivity index (χ2v) is 16.4. The molecule has 280 valence electrons. The van der Waals surface area contributed by atoms with Crippen LogP contribution in [0.1, 0.15) is 62.7 Å². The smallest absolute Gasteiger partial charge is 0.748 e. The molecule has 1 aromatic heterocycles. The molecular weight excluding hydrogens is 838 g/mol. The Kier molecular flexibility index (Phi) is 17.4. The number of hydrogen-bond acceptors (Lipinski definition) is 13. The van der Waals surface area contributed by atoms with Crippen LogP contribution in [0.2, 0.25) is 0 Å². The fourth-order valence-corrected chi connectivity index (χ4v) is 6.93. The molecule has 0 radical (unpaired) electrons. The van der Waals surface area contributed by atoms with Crippen molar-refractivity contribution in [3.05, 3.63) is 82.0 Å². The summed E-state index contributed by atoms with van der Waals surface area (Å²) in [4.78, 5) is 26.3. The van der Waals surface area contributed by atoms with Gasteiger partial charge in [-0.2, -0.15) is 10.4 Å². The first-order chi connectivity index (χ1) is 24.7. The van der Waals surface area contributed by atoms with Crippen LogP contribution in [0.15, 0.2) is 80.3 Å². The number of aromatic nitrogens is 2. The summed E-state index contributed by atoms with van der Waals surface area (Å²) in [6.07, 6.45) is 0.107. The average Bonchev–Trinajstić information content (AvgIpc) is 3.44. The van der Waals surface area contributed by atoms with Crippen molar-refractivity contribution >= 4 is 76.5 Å². The van der Waals surface area contributed by atoms with E-state index in [1.54, 1.807) is 24.3 Å². The van der Waals surface area contributed by atoms with E-state index in [0.29, 0.717) is 28.1 Å². The quantitative estimate of drug-likeness (QED) is 0.104. The second kappa shape index (κ2) is 19.9. The molecule has 3 aromatic carbocycles. The first-order valence-electron chi connectivity index (χ1n) is 15.9. The van der Waals surface area contributed by atoms with E-state index in [2.05, 4.69) is 42.9 Å². The normalized spacial score (nSPS) is 11.6. The van der Waals surface area contributed by atoms with E-state index in [9.17, 15) is 40.8 Å². The molecule has 0 aliphatic heterocycles. The standard InChI is InChI=1S/C34H37BrN8O8S2.2Na/c1-6-42(16-9-17-52(46,47)48)23-13-14-27(28(19-23)37-21(2)44)39-40-32-25(20-36)31(34(3,4)5)41-43(32)29-15-12-22(18-26(29)35)38-33(45)24-10-7-8-11-30(24)53(49,50)51;;/h7-8,10-15,18-19H,6,9,16-17H2,1-5H3,(H,37,44)(H,38,45)(H,46,47,48)(H,49,50,51);;/q;2*+1/p-2. The van der Waals surface area contributed by atoms with Crippen molar-refractivity contribution in [2.75, 3.05) is 34.4 Å². The molecule has 0 spiro atoms. The zero-order valence-corrected chi connectivity index (χ0v) is 38.5. The van der Waals surface area contributed by atoms with E-state index in [1.807, 2.05) is 32.6 Å². The number of benzene rings is 3. The van der Waals surface area contributed by atoms with Crippen molar-refractivity contribution in [3.63, 3.8) is 0 Å². The molecule has 4 aromatic rings. The number of hydrogen-bond donors (Lipinski definition) is 2. The summed E-state index contributed by atoms with van der Waals surface area (Å²) in [5, 5.41) is 29.2. The van der Waals surface area contributed by atoms with E-state index < -0.39 is 48.1 Å². The van der Waals surface area contributed by atoms with Gasteiger partial charge in [-0.05, 0) is 77.8 Å². The van der Waals surface area contributed by atoms with Gasteiger partial charge >= 0.3 is 59.1 Å². The molecule has 2 amide bonds. The van der Waals surface area contributed by atoms with Crippen LogP contribution < -0.4 is 74.6 Å². The van der Waals surface area contributed by atoms with Gasteiger partial charge in [-0.3, -0.25) is 9.59 Å². The average molecular weight is 874 g/mol. The number of halogens is 1. The number of rotatable bonds is 13. The van der Waals surface area contributed by atoms with Crippen molar-refractivity contribution in [2.45, 2.75) is 51.3 Å². The third kappa shape index (κ3) is 12.8. The summed E-state index contributed by atoms with van der Waals surface area (Å²) in [7, 11) is -9.30. The Morgan fingerprint density at radius 2 is 1.67 bits per heavy atom. The third-order valence-electron chi connectivity index (χ3n) is 7.63. The monoisotopic (exact) mass is 872 g/mol. The molecule has 0 atom stereocenters. The zero-order chi connectivity index (χ0) is 39.3. The maximum absolute atomic E-state index is 13.0. The Hall–Kier alpha value is -3.00. The topological polar surface area (TPSA) is 242 Å². The SMILES string of the molecule is CCN(CCCS(=O)(=O)[O-])c1ccc(N=Nc2c(C#N)c(C(C)(C)C)nn2-c2ccc(NC(=O)c3ccccc3S(=O)(=O)[O-])cc2Br)c(NC(C)=O)c1.[Na+].[Na+]. The van der Waals surface area contributed by atoms with E-state index in [1.165, 1.54) is 41.9 Å². The summed E-state index contributed by atoms with van der Waals surface area (Å²) >= 11 is 3.49. The molecule has 2 N–H and O–H groups in total. The Balaban J connectivity index is 0.00000523. The Morgan fingerprint density at radius 3 is 2.24 bits per heavy atom. The molecule has 0 saturated carbocycles. The van der Waals surface area contributed by atoms with Crippen LogP contribution in [0.3, 0.4) is 0 Å². The Morgan fingerprint density at radius 1 is 1.00 bits per heavy atom. The maximum atomic E-state index is 13.0.